The van der Waals surface area contributed by atoms with Gasteiger partial charge in [-0.25, -0.2) is 0 Å². The molecule has 18 heavy (non-hydrogen) atoms. The van der Waals surface area contributed by atoms with Crippen LogP contribution < -0.4 is 0 Å². The third-order valence-electron chi connectivity index (χ3n) is 3.72. The predicted octanol–water partition coefficient (Wildman–Crippen LogP) is 3.60. The molecular weight excluding hydrogens is 290 g/mol. The Morgan fingerprint density at radius 2 is 2.22 bits per heavy atom. The van der Waals surface area contributed by atoms with Crippen molar-refractivity contribution in [2.75, 3.05) is 19.6 Å². The summed E-state index contributed by atoms with van der Waals surface area (Å²) in [5.74, 6) is 0.805. The van der Waals surface area contributed by atoms with Crippen LogP contribution >= 0.6 is 15.9 Å². The maximum Gasteiger partial charge on any atom is 0.0813 e. The van der Waals surface area contributed by atoms with E-state index in [-0.39, 0.29) is 6.10 Å². The number of aliphatic hydroxyl groups is 1. The Hall–Kier alpha value is -0.380. The van der Waals surface area contributed by atoms with Crippen LogP contribution in [-0.4, -0.2) is 29.6 Å². The van der Waals surface area contributed by atoms with Crippen LogP contribution in [0.5, 0.6) is 0 Å². The normalized spacial score (nSPS) is 22.9. The number of aliphatic hydroxyl groups excluding tert-OH is 1. The Kier molecular flexibility index (Phi) is 5.22. The zero-order valence-corrected chi connectivity index (χ0v) is 12.6. The number of halogens is 1. The van der Waals surface area contributed by atoms with Crippen molar-refractivity contribution in [2.24, 2.45) is 5.92 Å². The fourth-order valence-corrected chi connectivity index (χ4v) is 3.24. The van der Waals surface area contributed by atoms with Crippen molar-refractivity contribution < 1.29 is 5.11 Å². The zero-order valence-electron chi connectivity index (χ0n) is 11.0. The smallest absolute Gasteiger partial charge is 0.0813 e. The van der Waals surface area contributed by atoms with Crippen molar-refractivity contribution >= 4 is 15.9 Å². The van der Waals surface area contributed by atoms with E-state index in [1.54, 1.807) is 0 Å². The van der Waals surface area contributed by atoms with E-state index in [1.807, 2.05) is 24.3 Å². The molecule has 1 saturated heterocycles. The molecule has 100 valence electrons. The number of nitrogens with zero attached hydrogens (tertiary/aromatic N) is 1. The van der Waals surface area contributed by atoms with Crippen molar-refractivity contribution in [1.82, 2.24) is 4.90 Å². The third-order valence-corrected chi connectivity index (χ3v) is 4.45. The summed E-state index contributed by atoms with van der Waals surface area (Å²) in [4.78, 5) is 2.48. The summed E-state index contributed by atoms with van der Waals surface area (Å²) in [5, 5.41) is 10.2. The first-order valence-corrected chi connectivity index (χ1v) is 7.61. The largest absolute Gasteiger partial charge is 0.388 e. The Morgan fingerprint density at radius 3 is 2.94 bits per heavy atom. The van der Waals surface area contributed by atoms with Gasteiger partial charge in [-0.05, 0) is 43.4 Å². The summed E-state index contributed by atoms with van der Waals surface area (Å²) >= 11 is 3.50. The molecule has 2 rings (SSSR count). The van der Waals surface area contributed by atoms with Gasteiger partial charge in [0.05, 0.1) is 6.10 Å². The van der Waals surface area contributed by atoms with E-state index in [0.717, 1.165) is 28.9 Å². The number of hydrogen-bond donors (Lipinski definition) is 1. The number of likely N-dealkylation sites (tertiary alicyclic amines) is 1. The van der Waals surface area contributed by atoms with E-state index < -0.39 is 0 Å². The highest BCUT2D eigenvalue weighted by molar-refractivity contribution is 9.10. The molecule has 3 heteroatoms. The van der Waals surface area contributed by atoms with Gasteiger partial charge in [0.1, 0.15) is 0 Å². The minimum absolute atomic E-state index is 0.363. The molecule has 1 aliphatic rings. The fourth-order valence-electron chi connectivity index (χ4n) is 2.70. The van der Waals surface area contributed by atoms with Crippen LogP contribution in [-0.2, 0) is 0 Å². The van der Waals surface area contributed by atoms with Crippen LogP contribution in [0.2, 0.25) is 0 Å². The lowest BCUT2D eigenvalue weighted by Crippen LogP contribution is -2.35. The Balaban J connectivity index is 1.84. The summed E-state index contributed by atoms with van der Waals surface area (Å²) in [6.07, 6.45) is 3.10. The molecule has 2 unspecified atom stereocenters. The van der Waals surface area contributed by atoms with Gasteiger partial charge in [0.25, 0.3) is 0 Å². The maximum atomic E-state index is 10.2. The minimum Gasteiger partial charge on any atom is -0.388 e. The topological polar surface area (TPSA) is 23.5 Å². The Bertz CT molecular complexity index is 383. The third kappa shape index (κ3) is 3.81. The van der Waals surface area contributed by atoms with Gasteiger partial charge >= 0.3 is 0 Å². The van der Waals surface area contributed by atoms with Gasteiger partial charge in [-0.3, -0.25) is 0 Å². The minimum atomic E-state index is -0.363. The molecule has 0 aromatic heterocycles. The highest BCUT2D eigenvalue weighted by Gasteiger charge is 2.18. The van der Waals surface area contributed by atoms with Gasteiger partial charge in [-0.15, -0.1) is 0 Å². The molecule has 0 saturated carbocycles. The van der Waals surface area contributed by atoms with E-state index in [2.05, 4.69) is 27.8 Å². The van der Waals surface area contributed by atoms with Crippen molar-refractivity contribution in [2.45, 2.75) is 32.3 Å². The molecule has 1 aromatic rings. The summed E-state index contributed by atoms with van der Waals surface area (Å²) in [5.41, 5.74) is 1.00. The van der Waals surface area contributed by atoms with E-state index in [9.17, 15) is 5.11 Å². The molecule has 1 aromatic carbocycles. The lowest BCUT2D eigenvalue weighted by molar-refractivity contribution is 0.121. The van der Waals surface area contributed by atoms with Crippen LogP contribution in [0.3, 0.4) is 0 Å². The van der Waals surface area contributed by atoms with Gasteiger partial charge in [0, 0.05) is 17.6 Å². The first kappa shape index (κ1) is 14.0. The van der Waals surface area contributed by atoms with E-state index >= 15 is 0 Å². The average Bonchev–Trinajstić information content (AvgIpc) is 2.37. The van der Waals surface area contributed by atoms with Crippen LogP contribution in [0.4, 0.5) is 0 Å². The average molecular weight is 312 g/mol. The lowest BCUT2D eigenvalue weighted by atomic mass is 9.99. The molecule has 2 nitrogen and oxygen atoms in total. The molecule has 1 N–H and O–H groups in total. The second-order valence-corrected chi connectivity index (χ2v) is 6.23. The molecular formula is C15H22BrNO. The number of hydrogen-bond acceptors (Lipinski definition) is 2. The first-order valence-electron chi connectivity index (χ1n) is 6.81. The van der Waals surface area contributed by atoms with Crippen LogP contribution in [0.1, 0.15) is 37.9 Å². The van der Waals surface area contributed by atoms with Crippen LogP contribution in [0, 0.1) is 5.92 Å². The summed E-state index contributed by atoms with van der Waals surface area (Å²) in [6.45, 7) is 5.68. The predicted molar refractivity (Wildman–Crippen MR) is 78.6 cm³/mol. The maximum absolute atomic E-state index is 10.2. The number of benzene rings is 1. The van der Waals surface area contributed by atoms with E-state index in [0.29, 0.717) is 0 Å². The van der Waals surface area contributed by atoms with Crippen molar-refractivity contribution in [3.05, 3.63) is 34.3 Å². The van der Waals surface area contributed by atoms with E-state index in [1.165, 1.54) is 25.9 Å². The standard InChI is InChI=1S/C15H22BrNO/c1-12-5-4-9-17(11-12)10-8-15(18)13-6-2-3-7-14(13)16/h2-3,6-7,12,15,18H,4-5,8-11H2,1H3. The number of rotatable bonds is 4. The van der Waals surface area contributed by atoms with Gasteiger partial charge in [0.2, 0.25) is 0 Å². The molecule has 1 fully saturated rings. The quantitative estimate of drug-likeness (QED) is 0.918. The summed E-state index contributed by atoms with van der Waals surface area (Å²) in [7, 11) is 0. The van der Waals surface area contributed by atoms with Gasteiger partial charge in [-0.1, -0.05) is 41.1 Å². The molecule has 1 aliphatic heterocycles. The van der Waals surface area contributed by atoms with Gasteiger partial charge in [-0.2, -0.15) is 0 Å². The molecule has 0 bridgehead atoms. The van der Waals surface area contributed by atoms with Gasteiger partial charge in [0.15, 0.2) is 0 Å². The second-order valence-electron chi connectivity index (χ2n) is 5.37. The highest BCUT2D eigenvalue weighted by Crippen LogP contribution is 2.26. The summed E-state index contributed by atoms with van der Waals surface area (Å²) in [6, 6.07) is 7.94. The first-order chi connectivity index (χ1) is 8.66. The molecule has 2 atom stereocenters. The molecule has 0 amide bonds. The van der Waals surface area contributed by atoms with Crippen LogP contribution in [0.25, 0.3) is 0 Å². The number of piperidine rings is 1. The molecule has 0 aliphatic carbocycles. The monoisotopic (exact) mass is 311 g/mol. The SMILES string of the molecule is CC1CCCN(CCC(O)c2ccccc2Br)C1. The fraction of sp³-hybridized carbons (Fsp3) is 0.600. The Morgan fingerprint density at radius 1 is 1.44 bits per heavy atom. The van der Waals surface area contributed by atoms with Crippen molar-refractivity contribution in [3.63, 3.8) is 0 Å². The van der Waals surface area contributed by atoms with Crippen molar-refractivity contribution in [3.8, 4) is 0 Å². The zero-order chi connectivity index (χ0) is 13.0. The molecule has 0 radical (unpaired) electrons. The Labute approximate surface area is 118 Å². The van der Waals surface area contributed by atoms with Crippen molar-refractivity contribution in [1.29, 1.82) is 0 Å². The molecule has 1 heterocycles. The van der Waals surface area contributed by atoms with E-state index in [4.69, 9.17) is 0 Å². The highest BCUT2D eigenvalue weighted by atomic mass is 79.9. The lowest BCUT2D eigenvalue weighted by Gasteiger charge is -2.31. The van der Waals surface area contributed by atoms with Gasteiger partial charge < -0.3 is 10.0 Å². The second kappa shape index (κ2) is 6.69. The molecule has 0 spiro atoms. The summed E-state index contributed by atoms with van der Waals surface area (Å²) < 4.78 is 1.00. The van der Waals surface area contributed by atoms with Crippen LogP contribution in [0.15, 0.2) is 28.7 Å².